The van der Waals surface area contributed by atoms with E-state index in [9.17, 15) is 4.79 Å². The molecule has 0 spiro atoms. The third-order valence-corrected chi connectivity index (χ3v) is 3.87. The average Bonchev–Trinajstić information content (AvgIpc) is 3.38. The summed E-state index contributed by atoms with van der Waals surface area (Å²) >= 11 is 0. The van der Waals surface area contributed by atoms with Crippen LogP contribution in [0.2, 0.25) is 0 Å². The van der Waals surface area contributed by atoms with Gasteiger partial charge in [-0.3, -0.25) is 9.78 Å². The van der Waals surface area contributed by atoms with E-state index in [1.165, 1.54) is 12.8 Å². The molecule has 4 nitrogen and oxygen atoms in total. The third-order valence-electron chi connectivity index (χ3n) is 3.87. The molecule has 1 aliphatic rings. The molecule has 1 amide bonds. The van der Waals surface area contributed by atoms with Gasteiger partial charge >= 0.3 is 0 Å². The summed E-state index contributed by atoms with van der Waals surface area (Å²) in [6.07, 6.45) is 4.56. The van der Waals surface area contributed by atoms with E-state index in [0.29, 0.717) is 18.9 Å². The van der Waals surface area contributed by atoms with Gasteiger partial charge in [-0.1, -0.05) is 30.3 Å². The van der Waals surface area contributed by atoms with Crippen LogP contribution >= 0.6 is 0 Å². The fourth-order valence-electron chi connectivity index (χ4n) is 2.46. The lowest BCUT2D eigenvalue weighted by Crippen LogP contribution is -2.24. The molecule has 2 aromatic rings. The van der Waals surface area contributed by atoms with Gasteiger partial charge in [0.25, 0.3) is 0 Å². The molecule has 114 valence electrons. The number of benzene rings is 1. The van der Waals surface area contributed by atoms with Crippen molar-refractivity contribution in [3.05, 3.63) is 59.4 Å². The number of hydrogen-bond acceptors (Lipinski definition) is 3. The highest BCUT2D eigenvalue weighted by molar-refractivity contribution is 5.78. The van der Waals surface area contributed by atoms with Crippen LogP contribution in [0.1, 0.15) is 35.6 Å². The first-order valence-electron chi connectivity index (χ1n) is 7.59. The number of aromatic nitrogens is 1. The molecule has 0 aliphatic heterocycles. The molecule has 1 fully saturated rings. The van der Waals surface area contributed by atoms with Crippen LogP contribution in [0.3, 0.4) is 0 Å². The summed E-state index contributed by atoms with van der Waals surface area (Å²) in [6.45, 7) is 0.469. The molecule has 1 saturated carbocycles. The van der Waals surface area contributed by atoms with Gasteiger partial charge in [0.15, 0.2) is 0 Å². The number of amides is 1. The normalized spacial score (nSPS) is 13.7. The van der Waals surface area contributed by atoms with Crippen LogP contribution < -0.4 is 10.1 Å². The predicted octanol–water partition coefficient (Wildman–Crippen LogP) is 2.83. The van der Waals surface area contributed by atoms with Gasteiger partial charge in [-0.2, -0.15) is 0 Å². The van der Waals surface area contributed by atoms with Gasteiger partial charge in [-0.05, 0) is 24.5 Å². The minimum Gasteiger partial charge on any atom is -0.495 e. The zero-order valence-electron chi connectivity index (χ0n) is 12.7. The Bertz CT molecular complexity index is 651. The largest absolute Gasteiger partial charge is 0.495 e. The highest BCUT2D eigenvalue weighted by atomic mass is 16.5. The number of carbonyl (C=O) groups is 1. The van der Waals surface area contributed by atoms with Crippen LogP contribution in [0.5, 0.6) is 5.75 Å². The number of rotatable bonds is 6. The Balaban J connectivity index is 1.62. The average molecular weight is 296 g/mol. The second kappa shape index (κ2) is 6.60. The topological polar surface area (TPSA) is 51.2 Å². The van der Waals surface area contributed by atoms with E-state index in [1.54, 1.807) is 13.3 Å². The van der Waals surface area contributed by atoms with Crippen molar-refractivity contribution in [3.8, 4) is 5.75 Å². The van der Waals surface area contributed by atoms with Crippen LogP contribution in [-0.2, 0) is 17.8 Å². The summed E-state index contributed by atoms with van der Waals surface area (Å²) in [5, 5.41) is 2.96. The van der Waals surface area contributed by atoms with Crippen molar-refractivity contribution in [1.82, 2.24) is 10.3 Å². The summed E-state index contributed by atoms with van der Waals surface area (Å²) in [7, 11) is 1.63. The first-order valence-corrected chi connectivity index (χ1v) is 7.59. The zero-order valence-corrected chi connectivity index (χ0v) is 12.7. The van der Waals surface area contributed by atoms with Crippen LogP contribution in [0, 0.1) is 0 Å². The second-order valence-electron chi connectivity index (χ2n) is 5.63. The number of nitrogens with zero attached hydrogens (tertiary/aromatic N) is 1. The Labute approximate surface area is 130 Å². The molecule has 1 aliphatic carbocycles. The summed E-state index contributed by atoms with van der Waals surface area (Å²) < 4.78 is 5.34. The number of ether oxygens (including phenoxy) is 1. The number of methoxy groups -OCH3 is 1. The molecule has 0 radical (unpaired) electrons. The van der Waals surface area contributed by atoms with Crippen LogP contribution in [0.25, 0.3) is 0 Å². The zero-order chi connectivity index (χ0) is 15.4. The highest BCUT2D eigenvalue weighted by Gasteiger charge is 2.25. The Morgan fingerprint density at radius 2 is 2.09 bits per heavy atom. The number of hydrogen-bond donors (Lipinski definition) is 1. The van der Waals surface area contributed by atoms with E-state index in [1.807, 2.05) is 30.3 Å². The summed E-state index contributed by atoms with van der Waals surface area (Å²) in [4.78, 5) is 16.5. The van der Waals surface area contributed by atoms with E-state index in [0.717, 1.165) is 22.6 Å². The van der Waals surface area contributed by atoms with E-state index in [4.69, 9.17) is 4.74 Å². The maximum atomic E-state index is 12.0. The molecular weight excluding hydrogens is 276 g/mol. The Hall–Kier alpha value is -2.36. The number of nitrogens with one attached hydrogen (secondary N) is 1. The standard InChI is InChI=1S/C18H20N2O2/c1-22-17-12-19-16(14-7-8-14)10-15(17)11-20-18(21)9-13-5-3-2-4-6-13/h2-6,10,12,14H,7-9,11H2,1H3,(H,20,21). The first kappa shape index (κ1) is 14.6. The fraction of sp³-hybridized carbons (Fsp3) is 0.333. The smallest absolute Gasteiger partial charge is 0.224 e. The van der Waals surface area contributed by atoms with Crippen molar-refractivity contribution < 1.29 is 9.53 Å². The molecule has 1 aromatic carbocycles. The van der Waals surface area contributed by atoms with Crippen molar-refractivity contribution in [2.24, 2.45) is 0 Å². The summed E-state index contributed by atoms with van der Waals surface area (Å²) in [5.41, 5.74) is 3.11. The van der Waals surface area contributed by atoms with Gasteiger partial charge < -0.3 is 10.1 Å². The van der Waals surface area contributed by atoms with Crippen LogP contribution in [0.15, 0.2) is 42.6 Å². The lowest BCUT2D eigenvalue weighted by molar-refractivity contribution is -0.120. The van der Waals surface area contributed by atoms with Gasteiger partial charge in [0.1, 0.15) is 5.75 Å². The molecule has 0 bridgehead atoms. The van der Waals surface area contributed by atoms with Gasteiger partial charge in [-0.15, -0.1) is 0 Å². The Morgan fingerprint density at radius 1 is 1.32 bits per heavy atom. The quantitative estimate of drug-likeness (QED) is 0.892. The fourth-order valence-corrected chi connectivity index (χ4v) is 2.46. The monoisotopic (exact) mass is 296 g/mol. The molecule has 1 aromatic heterocycles. The molecule has 4 heteroatoms. The molecular formula is C18H20N2O2. The van der Waals surface area contributed by atoms with Crippen molar-refractivity contribution in [3.63, 3.8) is 0 Å². The lowest BCUT2D eigenvalue weighted by atomic mass is 10.1. The second-order valence-corrected chi connectivity index (χ2v) is 5.63. The molecule has 22 heavy (non-hydrogen) atoms. The summed E-state index contributed by atoms with van der Waals surface area (Å²) in [6, 6.07) is 11.8. The van der Waals surface area contributed by atoms with Crippen LogP contribution in [-0.4, -0.2) is 18.0 Å². The minimum absolute atomic E-state index is 0.0121. The maximum Gasteiger partial charge on any atom is 0.224 e. The third kappa shape index (κ3) is 3.64. The van der Waals surface area contributed by atoms with E-state index >= 15 is 0 Å². The SMILES string of the molecule is COc1cnc(C2CC2)cc1CNC(=O)Cc1ccccc1. The van der Waals surface area contributed by atoms with Gasteiger partial charge in [0.05, 0.1) is 19.7 Å². The molecule has 1 heterocycles. The predicted molar refractivity (Wildman–Crippen MR) is 84.8 cm³/mol. The summed E-state index contributed by atoms with van der Waals surface area (Å²) in [5.74, 6) is 1.33. The molecule has 0 atom stereocenters. The Kier molecular flexibility index (Phi) is 4.37. The number of pyridine rings is 1. The Morgan fingerprint density at radius 3 is 2.77 bits per heavy atom. The van der Waals surface area contributed by atoms with Crippen molar-refractivity contribution in [2.75, 3.05) is 7.11 Å². The molecule has 1 N–H and O–H groups in total. The number of carbonyl (C=O) groups excluding carboxylic acids is 1. The van der Waals surface area contributed by atoms with E-state index in [-0.39, 0.29) is 5.91 Å². The van der Waals surface area contributed by atoms with Crippen molar-refractivity contribution in [2.45, 2.75) is 31.7 Å². The van der Waals surface area contributed by atoms with E-state index in [2.05, 4.69) is 16.4 Å². The minimum atomic E-state index is 0.0121. The maximum absolute atomic E-state index is 12.0. The van der Waals surface area contributed by atoms with Gasteiger partial charge in [0.2, 0.25) is 5.91 Å². The lowest BCUT2D eigenvalue weighted by Gasteiger charge is -2.11. The molecule has 0 unspecified atom stereocenters. The van der Waals surface area contributed by atoms with Crippen molar-refractivity contribution in [1.29, 1.82) is 0 Å². The van der Waals surface area contributed by atoms with E-state index < -0.39 is 0 Å². The molecule has 3 rings (SSSR count). The van der Waals surface area contributed by atoms with Crippen molar-refractivity contribution >= 4 is 5.91 Å². The van der Waals surface area contributed by atoms with Gasteiger partial charge in [-0.25, -0.2) is 0 Å². The molecule has 0 saturated heterocycles. The van der Waals surface area contributed by atoms with Crippen LogP contribution in [0.4, 0.5) is 0 Å². The van der Waals surface area contributed by atoms with Gasteiger partial charge in [0, 0.05) is 23.7 Å². The first-order chi connectivity index (χ1) is 10.8. The highest BCUT2D eigenvalue weighted by Crippen LogP contribution is 2.39.